The number of aliphatic hydroxyl groups excluding tert-OH is 3. The van der Waals surface area contributed by atoms with Crippen molar-refractivity contribution in [2.75, 3.05) is 28.3 Å². The molecule has 6 N–H and O–H groups in total. The number of hydrogen-bond donors (Lipinski definition) is 6. The number of likely N-dealkylation sites (N-methyl/N-ethyl adjacent to an activating group) is 1. The molecule has 1 amide bonds. The molecule has 0 aromatic carbocycles. The summed E-state index contributed by atoms with van der Waals surface area (Å²) in [5, 5.41) is 59.9. The molecular weight excluding hydrogens is 720 g/mol. The smallest absolute Gasteiger partial charge is 0.407 e. The Kier molecular flexibility index (Phi) is 18.3. The average Bonchev–Trinajstić information content (AvgIpc) is 3.10. The van der Waals surface area contributed by atoms with E-state index < -0.39 is 114 Å². The number of amides is 1. The van der Waals surface area contributed by atoms with Crippen LogP contribution >= 0.6 is 0 Å². The number of nitrogens with one attached hydrogen (secondary N) is 1. The first-order chi connectivity index (χ1) is 25.3. The minimum Gasteiger partial charge on any atom is -0.459 e. The van der Waals surface area contributed by atoms with Gasteiger partial charge in [0.2, 0.25) is 0 Å². The summed E-state index contributed by atoms with van der Waals surface area (Å²) in [6.07, 6.45) is -10.5. The van der Waals surface area contributed by atoms with E-state index in [1.165, 1.54) is 21.1 Å². The number of aliphatic hydroxyl groups is 5. The summed E-state index contributed by atoms with van der Waals surface area (Å²) >= 11 is 0. The maximum Gasteiger partial charge on any atom is 0.407 e. The van der Waals surface area contributed by atoms with Gasteiger partial charge in [0.15, 0.2) is 12.6 Å². The molecule has 16 nitrogen and oxygen atoms in total. The van der Waals surface area contributed by atoms with Crippen LogP contribution in [0.5, 0.6) is 0 Å². The SMILES string of the molecule is CC[C@@H](OC(=O)[C@H](C)[C@@H](O[C@@H]1C[C@](C)(OC)[C@@H](O)[C@@H](C)O1)[C@H](C)[C@@H](O[C@H]1O[C@@H](C)C[C@@H](NC(=O)OC)[C@@H]1O)[C@@](C)(O)CC(C)C)[C@@](C)(O)[C@H](O)[C@@H](C)N(C)C. The number of methoxy groups -OCH3 is 2. The number of nitrogens with zero attached hydrogens (tertiary/aromatic N) is 1. The Labute approximate surface area is 328 Å². The van der Waals surface area contributed by atoms with Crippen molar-refractivity contribution in [2.45, 2.75) is 192 Å². The monoisotopic (exact) mass is 795 g/mol. The van der Waals surface area contributed by atoms with E-state index in [2.05, 4.69) is 5.32 Å². The molecule has 324 valence electrons. The van der Waals surface area contributed by atoms with Gasteiger partial charge in [-0.2, -0.15) is 0 Å². The van der Waals surface area contributed by atoms with Gasteiger partial charge in [-0.05, 0) is 87.7 Å². The van der Waals surface area contributed by atoms with Crippen LogP contribution < -0.4 is 5.32 Å². The molecular formula is C39H74N2O14. The number of esters is 1. The lowest BCUT2D eigenvalue weighted by molar-refractivity contribution is -0.315. The largest absolute Gasteiger partial charge is 0.459 e. The Bertz CT molecular complexity index is 1210. The van der Waals surface area contributed by atoms with Gasteiger partial charge in [0, 0.05) is 25.5 Å². The Morgan fingerprint density at radius 2 is 1.62 bits per heavy atom. The van der Waals surface area contributed by atoms with E-state index in [1.54, 1.807) is 74.4 Å². The van der Waals surface area contributed by atoms with Gasteiger partial charge < -0.3 is 68.9 Å². The Hall–Kier alpha value is -1.70. The summed E-state index contributed by atoms with van der Waals surface area (Å²) in [5.74, 6) is -2.71. The quantitative estimate of drug-likeness (QED) is 0.104. The fraction of sp³-hybridized carbons (Fsp3) is 0.949. The number of hydrogen-bond acceptors (Lipinski definition) is 15. The first-order valence-corrected chi connectivity index (χ1v) is 19.6. The highest BCUT2D eigenvalue weighted by molar-refractivity contribution is 5.73. The van der Waals surface area contributed by atoms with E-state index in [-0.39, 0.29) is 31.6 Å². The zero-order valence-corrected chi connectivity index (χ0v) is 35.8. The van der Waals surface area contributed by atoms with Gasteiger partial charge in [-0.25, -0.2) is 4.79 Å². The summed E-state index contributed by atoms with van der Waals surface area (Å²) in [6, 6.07) is -1.27. The third-order valence-electron chi connectivity index (χ3n) is 11.6. The van der Waals surface area contributed by atoms with Crippen molar-refractivity contribution in [1.82, 2.24) is 10.2 Å². The molecule has 0 spiro atoms. The molecule has 0 aliphatic carbocycles. The molecule has 2 fully saturated rings. The Balaban J connectivity index is 2.64. The lowest BCUT2D eigenvalue weighted by Gasteiger charge is -2.48. The van der Waals surface area contributed by atoms with Crippen molar-refractivity contribution in [3.05, 3.63) is 0 Å². The summed E-state index contributed by atoms with van der Waals surface area (Å²) in [6.45, 7) is 18.9. The molecule has 0 unspecified atom stereocenters. The Morgan fingerprint density at radius 3 is 2.13 bits per heavy atom. The van der Waals surface area contributed by atoms with E-state index in [1.807, 2.05) is 13.8 Å². The maximum absolute atomic E-state index is 14.3. The van der Waals surface area contributed by atoms with Crippen molar-refractivity contribution in [2.24, 2.45) is 17.8 Å². The van der Waals surface area contributed by atoms with Crippen LogP contribution in [0.15, 0.2) is 0 Å². The molecule has 2 aliphatic heterocycles. The van der Waals surface area contributed by atoms with Gasteiger partial charge in [0.05, 0.1) is 54.7 Å². The van der Waals surface area contributed by atoms with Crippen molar-refractivity contribution < 1.29 is 68.3 Å². The second-order valence-corrected chi connectivity index (χ2v) is 17.2. The van der Waals surface area contributed by atoms with Gasteiger partial charge in [0.25, 0.3) is 0 Å². The predicted octanol–water partition coefficient (Wildman–Crippen LogP) is 2.33. The fourth-order valence-corrected chi connectivity index (χ4v) is 8.04. The second-order valence-electron chi connectivity index (χ2n) is 17.2. The van der Waals surface area contributed by atoms with E-state index in [4.69, 9.17) is 33.2 Å². The van der Waals surface area contributed by atoms with Crippen molar-refractivity contribution in [3.63, 3.8) is 0 Å². The normalized spacial score (nSPS) is 33.7. The van der Waals surface area contributed by atoms with Crippen LogP contribution in [0.1, 0.15) is 102 Å². The third-order valence-corrected chi connectivity index (χ3v) is 11.6. The highest BCUT2D eigenvalue weighted by Crippen LogP contribution is 2.39. The predicted molar refractivity (Wildman–Crippen MR) is 203 cm³/mol. The average molecular weight is 795 g/mol. The van der Waals surface area contributed by atoms with Crippen LogP contribution in [0.2, 0.25) is 0 Å². The van der Waals surface area contributed by atoms with Gasteiger partial charge in [0.1, 0.15) is 30.0 Å². The van der Waals surface area contributed by atoms with Gasteiger partial charge in [-0.1, -0.05) is 27.7 Å². The molecule has 17 atom stereocenters. The van der Waals surface area contributed by atoms with Crippen molar-refractivity contribution in [3.8, 4) is 0 Å². The lowest BCUT2D eigenvalue weighted by atomic mass is 9.78. The summed E-state index contributed by atoms with van der Waals surface area (Å²) < 4.78 is 41.9. The maximum atomic E-state index is 14.3. The number of carbonyl (C=O) groups is 2. The highest BCUT2D eigenvalue weighted by atomic mass is 16.7. The van der Waals surface area contributed by atoms with Crippen molar-refractivity contribution >= 4 is 12.1 Å². The van der Waals surface area contributed by atoms with E-state index in [0.29, 0.717) is 0 Å². The summed E-state index contributed by atoms with van der Waals surface area (Å²) in [7, 11) is 6.23. The molecule has 2 rings (SSSR count). The number of rotatable bonds is 19. The molecule has 2 saturated heterocycles. The van der Waals surface area contributed by atoms with Crippen molar-refractivity contribution in [1.29, 1.82) is 0 Å². The molecule has 0 radical (unpaired) electrons. The number of carbonyl (C=O) groups excluding carboxylic acids is 2. The van der Waals surface area contributed by atoms with Crippen LogP contribution in [-0.4, -0.2) is 161 Å². The minimum atomic E-state index is -1.83. The molecule has 2 heterocycles. The molecule has 0 aromatic rings. The number of alkyl carbamates (subject to hydrolysis) is 1. The van der Waals surface area contributed by atoms with Crippen LogP contribution in [0, 0.1) is 17.8 Å². The second kappa shape index (κ2) is 20.3. The van der Waals surface area contributed by atoms with Crippen LogP contribution in [0.25, 0.3) is 0 Å². The molecule has 16 heteroatoms. The molecule has 55 heavy (non-hydrogen) atoms. The zero-order valence-electron chi connectivity index (χ0n) is 35.8. The molecule has 0 bridgehead atoms. The van der Waals surface area contributed by atoms with Gasteiger partial charge >= 0.3 is 12.1 Å². The molecule has 0 saturated carbocycles. The first kappa shape index (κ1) is 49.4. The van der Waals surface area contributed by atoms with E-state index in [9.17, 15) is 35.1 Å². The standard InChI is InChI=1S/C39H74N2O14/c1-16-27(39(11,48)31(43)24(7)41(12)13)53-34(45)23(6)30(54-28-19-38(10,50-15)32(44)25(8)52-28)22(5)33(37(9,47)18-20(2)3)55-35-29(42)26(17-21(4)51-35)40-36(46)49-14/h20-33,35,42-44,47-48H,16-19H2,1-15H3,(H,40,46)/t21-,22-,23+,24+,25+,26+,27+,28+,29-,30-,31+,32-,33+,35+,37-,38-,39+/m0/s1. The summed E-state index contributed by atoms with van der Waals surface area (Å²) in [5.41, 5.74) is -4.49. The zero-order chi connectivity index (χ0) is 42.4. The minimum absolute atomic E-state index is 0.0186. The van der Waals surface area contributed by atoms with Gasteiger partial charge in [-0.15, -0.1) is 0 Å². The third kappa shape index (κ3) is 12.4. The topological polar surface area (TPSA) is 215 Å². The Morgan fingerprint density at radius 1 is 1.02 bits per heavy atom. The van der Waals surface area contributed by atoms with Gasteiger partial charge in [-0.3, -0.25) is 4.79 Å². The van der Waals surface area contributed by atoms with E-state index in [0.717, 1.165) is 0 Å². The number of ether oxygens (including phenoxy) is 7. The fourth-order valence-electron chi connectivity index (χ4n) is 8.04. The first-order valence-electron chi connectivity index (χ1n) is 19.6. The highest BCUT2D eigenvalue weighted by Gasteiger charge is 2.52. The van der Waals surface area contributed by atoms with Crippen LogP contribution in [0.4, 0.5) is 4.79 Å². The molecule has 2 aliphatic rings. The van der Waals surface area contributed by atoms with Crippen LogP contribution in [-0.2, 0) is 38.0 Å². The summed E-state index contributed by atoms with van der Waals surface area (Å²) in [4.78, 5) is 28.1. The van der Waals surface area contributed by atoms with Crippen LogP contribution in [0.3, 0.4) is 0 Å². The van der Waals surface area contributed by atoms with E-state index >= 15 is 0 Å². The molecule has 0 aromatic heterocycles. The lowest BCUT2D eigenvalue weighted by Crippen LogP contribution is -2.61.